The number of nitrogens with zero attached hydrogens (tertiary/aromatic N) is 1. The van der Waals surface area contributed by atoms with Gasteiger partial charge in [0.25, 0.3) is 5.91 Å². The van der Waals surface area contributed by atoms with Gasteiger partial charge < -0.3 is 26.7 Å². The Morgan fingerprint density at radius 1 is 1.03 bits per heavy atom. The van der Waals surface area contributed by atoms with Crippen molar-refractivity contribution < 1.29 is 19.9 Å². The molecule has 0 unspecified atom stereocenters. The number of carbonyl (C=O) groups excluding carboxylic acids is 1. The Bertz CT molecular complexity index is 1300. The highest BCUT2D eigenvalue weighted by Gasteiger charge is 2.18. The highest BCUT2D eigenvalue weighted by Crippen LogP contribution is 2.30. The number of rotatable bonds is 10. The van der Waals surface area contributed by atoms with Gasteiger partial charge in [-0.05, 0) is 70.6 Å². The third kappa shape index (κ3) is 6.29. The van der Waals surface area contributed by atoms with Crippen LogP contribution < -0.4 is 16.4 Å². The van der Waals surface area contributed by atoms with Gasteiger partial charge in [0.15, 0.2) is 5.84 Å². The van der Waals surface area contributed by atoms with Crippen molar-refractivity contribution in [1.29, 1.82) is 0 Å². The summed E-state index contributed by atoms with van der Waals surface area (Å²) in [4.78, 5) is 24.7. The quantitative estimate of drug-likeness (QED) is 0.121. The van der Waals surface area contributed by atoms with Crippen molar-refractivity contribution in [2.75, 3.05) is 11.9 Å². The van der Waals surface area contributed by atoms with Crippen LogP contribution >= 0.6 is 0 Å². The molecule has 3 aromatic rings. The third-order valence-corrected chi connectivity index (χ3v) is 5.61. The number of hydrogen-bond acceptors (Lipinski definition) is 5. The summed E-state index contributed by atoms with van der Waals surface area (Å²) < 4.78 is 0. The van der Waals surface area contributed by atoms with E-state index in [1.807, 2.05) is 32.0 Å². The van der Waals surface area contributed by atoms with Crippen LogP contribution in [0.3, 0.4) is 0 Å². The predicted octanol–water partition coefficient (Wildman–Crippen LogP) is 4.79. The van der Waals surface area contributed by atoms with E-state index in [1.54, 1.807) is 42.5 Å². The van der Waals surface area contributed by atoms with Crippen LogP contribution in [0.4, 0.5) is 5.69 Å². The van der Waals surface area contributed by atoms with E-state index in [9.17, 15) is 14.7 Å². The van der Waals surface area contributed by atoms with Gasteiger partial charge in [0, 0.05) is 29.9 Å². The lowest BCUT2D eigenvalue weighted by atomic mass is 9.92. The average molecular weight is 487 g/mol. The minimum Gasteiger partial charge on any atom is -0.478 e. The normalized spacial score (nSPS) is 11.2. The molecule has 0 aliphatic heterocycles. The molecule has 0 bridgehead atoms. The average Bonchev–Trinajstić information content (AvgIpc) is 2.89. The van der Waals surface area contributed by atoms with E-state index in [4.69, 9.17) is 10.9 Å². The second-order valence-corrected chi connectivity index (χ2v) is 8.71. The SMILES string of the molecule is C=Cc1ccc(-c2ccc(C(=O)NCC(C)C)cc2C(=O)O)c(CNc2ccc(C(N)=NO)cc2)c1. The molecule has 8 nitrogen and oxygen atoms in total. The zero-order valence-corrected chi connectivity index (χ0v) is 20.3. The molecule has 0 aromatic heterocycles. The lowest BCUT2D eigenvalue weighted by Crippen LogP contribution is -2.27. The molecule has 0 spiro atoms. The van der Waals surface area contributed by atoms with Crippen molar-refractivity contribution in [1.82, 2.24) is 5.32 Å². The number of carboxylic acids is 1. The molecule has 0 aliphatic carbocycles. The summed E-state index contributed by atoms with van der Waals surface area (Å²) in [5.74, 6) is -1.13. The molecule has 0 atom stereocenters. The molecule has 0 aliphatic rings. The van der Waals surface area contributed by atoms with E-state index in [-0.39, 0.29) is 23.2 Å². The number of aromatic carboxylic acids is 1. The second kappa shape index (κ2) is 11.7. The van der Waals surface area contributed by atoms with E-state index in [1.165, 1.54) is 6.07 Å². The number of oxime groups is 1. The Morgan fingerprint density at radius 3 is 2.31 bits per heavy atom. The first-order chi connectivity index (χ1) is 17.2. The summed E-state index contributed by atoms with van der Waals surface area (Å²) in [6.07, 6.45) is 1.72. The first kappa shape index (κ1) is 26.0. The Kier molecular flexibility index (Phi) is 8.46. The lowest BCUT2D eigenvalue weighted by molar-refractivity contribution is 0.0697. The standard InChI is InChI=1S/C28H30N4O4/c1-4-18-5-11-23(21(13-18)16-30-22-9-6-19(7-10-22)26(29)32-36)24-12-8-20(14-25(24)28(34)35)27(33)31-15-17(2)3/h4-14,17,30,36H,1,15-16H2,2-3H3,(H2,29,32)(H,31,33)(H,34,35). The number of hydrogen-bond donors (Lipinski definition) is 5. The Balaban J connectivity index is 1.94. The number of nitrogens with one attached hydrogen (secondary N) is 2. The van der Waals surface area contributed by atoms with Crippen molar-refractivity contribution in [3.05, 3.63) is 95.1 Å². The Morgan fingerprint density at radius 2 is 1.69 bits per heavy atom. The van der Waals surface area contributed by atoms with Crippen LogP contribution in [0.15, 0.2) is 72.4 Å². The monoisotopic (exact) mass is 486 g/mol. The zero-order valence-electron chi connectivity index (χ0n) is 20.3. The van der Waals surface area contributed by atoms with Crippen LogP contribution in [0.1, 0.15) is 51.3 Å². The van der Waals surface area contributed by atoms with Crippen molar-refractivity contribution in [3.8, 4) is 11.1 Å². The molecule has 36 heavy (non-hydrogen) atoms. The van der Waals surface area contributed by atoms with Gasteiger partial charge in [-0.3, -0.25) is 4.79 Å². The predicted molar refractivity (Wildman–Crippen MR) is 142 cm³/mol. The molecule has 0 fully saturated rings. The smallest absolute Gasteiger partial charge is 0.336 e. The maximum Gasteiger partial charge on any atom is 0.336 e. The first-order valence-corrected chi connectivity index (χ1v) is 11.5. The fourth-order valence-electron chi connectivity index (χ4n) is 3.66. The van der Waals surface area contributed by atoms with Crippen molar-refractivity contribution in [2.45, 2.75) is 20.4 Å². The van der Waals surface area contributed by atoms with Crippen LogP contribution in [-0.2, 0) is 6.54 Å². The van der Waals surface area contributed by atoms with Gasteiger partial charge in [-0.1, -0.05) is 49.9 Å². The maximum absolute atomic E-state index is 12.5. The zero-order chi connectivity index (χ0) is 26.2. The summed E-state index contributed by atoms with van der Waals surface area (Å²) in [7, 11) is 0. The molecular weight excluding hydrogens is 456 g/mol. The maximum atomic E-state index is 12.5. The number of nitrogens with two attached hydrogens (primary N) is 1. The Labute approximate surface area is 210 Å². The van der Waals surface area contributed by atoms with Crippen LogP contribution in [-0.4, -0.2) is 34.6 Å². The Hall–Kier alpha value is -4.59. The fraction of sp³-hybridized carbons (Fsp3) is 0.179. The van der Waals surface area contributed by atoms with E-state index in [2.05, 4.69) is 22.4 Å². The van der Waals surface area contributed by atoms with Gasteiger partial charge in [-0.25, -0.2) is 4.79 Å². The molecule has 0 heterocycles. The van der Waals surface area contributed by atoms with Crippen LogP contribution in [0.25, 0.3) is 17.2 Å². The van der Waals surface area contributed by atoms with Gasteiger partial charge in [-0.2, -0.15) is 0 Å². The highest BCUT2D eigenvalue weighted by molar-refractivity contribution is 6.02. The minimum absolute atomic E-state index is 0.0186. The van der Waals surface area contributed by atoms with Crippen molar-refractivity contribution in [3.63, 3.8) is 0 Å². The number of amides is 1. The lowest BCUT2D eigenvalue weighted by Gasteiger charge is -2.16. The molecule has 0 saturated carbocycles. The second-order valence-electron chi connectivity index (χ2n) is 8.71. The topological polar surface area (TPSA) is 137 Å². The van der Waals surface area contributed by atoms with Crippen LogP contribution in [0.2, 0.25) is 0 Å². The van der Waals surface area contributed by atoms with Gasteiger partial charge >= 0.3 is 5.97 Å². The molecule has 6 N–H and O–H groups in total. The molecule has 0 saturated heterocycles. The van der Waals surface area contributed by atoms with Gasteiger partial charge in [0.05, 0.1) is 5.56 Å². The molecule has 3 aromatic carbocycles. The highest BCUT2D eigenvalue weighted by atomic mass is 16.4. The summed E-state index contributed by atoms with van der Waals surface area (Å²) >= 11 is 0. The van der Waals surface area contributed by atoms with Crippen LogP contribution in [0, 0.1) is 5.92 Å². The molecule has 0 radical (unpaired) electrons. The number of carbonyl (C=O) groups is 2. The molecular formula is C28H30N4O4. The van der Waals surface area contributed by atoms with E-state index < -0.39 is 5.97 Å². The summed E-state index contributed by atoms with van der Waals surface area (Å²) in [5, 5.41) is 27.9. The molecule has 1 amide bonds. The van der Waals surface area contributed by atoms with E-state index >= 15 is 0 Å². The number of carboxylic acid groups (broad SMARTS) is 1. The summed E-state index contributed by atoms with van der Waals surface area (Å²) in [5.41, 5.74) is 10.3. The van der Waals surface area contributed by atoms with E-state index in [0.29, 0.717) is 29.8 Å². The number of amidine groups is 1. The van der Waals surface area contributed by atoms with Gasteiger partial charge in [0.2, 0.25) is 0 Å². The molecule has 8 heteroatoms. The largest absolute Gasteiger partial charge is 0.478 e. The van der Waals surface area contributed by atoms with Gasteiger partial charge in [0.1, 0.15) is 0 Å². The molecule has 186 valence electrons. The first-order valence-electron chi connectivity index (χ1n) is 11.5. The number of anilines is 1. The molecule has 3 rings (SSSR count). The fourth-order valence-corrected chi connectivity index (χ4v) is 3.66. The van der Waals surface area contributed by atoms with Gasteiger partial charge in [-0.15, -0.1) is 0 Å². The number of benzene rings is 3. The van der Waals surface area contributed by atoms with Crippen molar-refractivity contribution in [2.24, 2.45) is 16.8 Å². The minimum atomic E-state index is -1.12. The van der Waals surface area contributed by atoms with Crippen molar-refractivity contribution >= 4 is 29.5 Å². The van der Waals surface area contributed by atoms with E-state index in [0.717, 1.165) is 22.4 Å². The summed E-state index contributed by atoms with van der Waals surface area (Å²) in [6.45, 7) is 8.71. The third-order valence-electron chi connectivity index (χ3n) is 5.61. The summed E-state index contributed by atoms with van der Waals surface area (Å²) in [6, 6.07) is 17.5. The van der Waals surface area contributed by atoms with Crippen LogP contribution in [0.5, 0.6) is 0 Å².